The number of carbonyl (C=O) groups excluding carboxylic acids is 2. The zero-order chi connectivity index (χ0) is 11.9. The molecule has 2 amide bonds. The monoisotopic (exact) mass is 334 g/mol. The van der Waals surface area contributed by atoms with E-state index in [2.05, 4.69) is 15.5 Å². The van der Waals surface area contributed by atoms with Gasteiger partial charge in [-0.25, -0.2) is 0 Å². The number of rotatable bonds is 2. The summed E-state index contributed by atoms with van der Waals surface area (Å²) in [6.45, 7) is 4.35. The van der Waals surface area contributed by atoms with E-state index in [0.29, 0.717) is 18.8 Å². The van der Waals surface area contributed by atoms with E-state index in [9.17, 15) is 9.59 Å². The first-order valence-electron chi connectivity index (χ1n) is 4.73. The van der Waals surface area contributed by atoms with E-state index in [4.69, 9.17) is 0 Å². The van der Waals surface area contributed by atoms with Gasteiger partial charge in [0.15, 0.2) is 5.82 Å². The summed E-state index contributed by atoms with van der Waals surface area (Å²) in [5.74, 6) is 0.498. The van der Waals surface area contributed by atoms with E-state index in [-0.39, 0.29) is 3.91 Å². The average molecular weight is 334 g/mol. The lowest BCUT2D eigenvalue weighted by Gasteiger charge is -2.29. The van der Waals surface area contributed by atoms with Crippen molar-refractivity contribution in [1.29, 1.82) is 0 Å². The van der Waals surface area contributed by atoms with Gasteiger partial charge in [-0.05, 0) is 13.8 Å². The summed E-state index contributed by atoms with van der Waals surface area (Å²) in [7, 11) is 0. The summed E-state index contributed by atoms with van der Waals surface area (Å²) < 4.78 is -0.0238. The summed E-state index contributed by atoms with van der Waals surface area (Å²) in [5.41, 5.74) is 1.34. The minimum Gasteiger partial charge on any atom is -0.319 e. The number of carbonyl (C=O) groups is 2. The maximum absolute atomic E-state index is 11.5. The molecule has 0 bridgehead atoms. The van der Waals surface area contributed by atoms with Crippen molar-refractivity contribution < 1.29 is 9.59 Å². The molecule has 0 aromatic carbocycles. The second-order valence-electron chi connectivity index (χ2n) is 4.09. The number of aromatic amines is 1. The molecule has 2 rings (SSSR count). The van der Waals surface area contributed by atoms with Crippen LogP contribution in [0, 0.1) is 0 Å². The Morgan fingerprint density at radius 3 is 2.94 bits per heavy atom. The highest BCUT2D eigenvalue weighted by molar-refractivity contribution is 14.1. The topological polar surface area (TPSA) is 78.1 Å². The first kappa shape index (κ1) is 11.4. The van der Waals surface area contributed by atoms with Crippen LogP contribution in [0.3, 0.4) is 0 Å². The van der Waals surface area contributed by atoms with Gasteiger partial charge in [0.25, 0.3) is 3.91 Å². The second-order valence-corrected chi connectivity index (χ2v) is 5.01. The van der Waals surface area contributed by atoms with Crippen LogP contribution in [0.15, 0.2) is 0 Å². The van der Waals surface area contributed by atoms with Gasteiger partial charge in [-0.3, -0.25) is 14.7 Å². The van der Waals surface area contributed by atoms with Crippen LogP contribution in [0.4, 0.5) is 10.6 Å². The maximum Gasteiger partial charge on any atom is 0.284 e. The van der Waals surface area contributed by atoms with E-state index in [1.807, 2.05) is 13.8 Å². The Kier molecular flexibility index (Phi) is 2.64. The minimum absolute atomic E-state index is 0.0238. The Balaban J connectivity index is 2.44. The number of hydrogen-bond acceptors (Lipinski definition) is 3. The highest BCUT2D eigenvalue weighted by Gasteiger charge is 2.42. The van der Waals surface area contributed by atoms with Gasteiger partial charge in [0.2, 0.25) is 6.41 Å². The Morgan fingerprint density at radius 2 is 2.38 bits per heavy atom. The van der Waals surface area contributed by atoms with Crippen molar-refractivity contribution in [3.8, 4) is 0 Å². The molecule has 2 N–H and O–H groups in total. The fourth-order valence-corrected chi connectivity index (χ4v) is 2.75. The van der Waals surface area contributed by atoms with E-state index < -0.39 is 5.54 Å². The molecular weight excluding hydrogens is 323 g/mol. The number of fused-ring (bicyclic) bond motifs is 1. The molecule has 7 heteroatoms. The van der Waals surface area contributed by atoms with Crippen molar-refractivity contribution in [1.82, 2.24) is 15.1 Å². The molecule has 0 saturated carbocycles. The SMILES string of the molecule is CC1(C)c2[nH]nc(NC=O)c2CN1C(=O)I. The van der Waals surface area contributed by atoms with Crippen LogP contribution in [0.2, 0.25) is 0 Å². The van der Waals surface area contributed by atoms with Gasteiger partial charge < -0.3 is 10.2 Å². The van der Waals surface area contributed by atoms with Crippen molar-refractivity contribution in [2.45, 2.75) is 25.9 Å². The van der Waals surface area contributed by atoms with Gasteiger partial charge in [-0.1, -0.05) is 0 Å². The Hall–Kier alpha value is -1.12. The molecule has 6 nitrogen and oxygen atoms in total. The molecule has 1 aliphatic heterocycles. The van der Waals surface area contributed by atoms with Crippen molar-refractivity contribution in [2.75, 3.05) is 5.32 Å². The first-order valence-corrected chi connectivity index (χ1v) is 5.81. The molecule has 0 spiro atoms. The van der Waals surface area contributed by atoms with Crippen LogP contribution in [0.25, 0.3) is 0 Å². The van der Waals surface area contributed by atoms with Crippen LogP contribution in [-0.4, -0.2) is 25.4 Å². The molecular formula is C9H11IN4O2. The second kappa shape index (κ2) is 3.72. The van der Waals surface area contributed by atoms with Gasteiger partial charge >= 0.3 is 0 Å². The van der Waals surface area contributed by atoms with Crippen LogP contribution in [-0.2, 0) is 16.9 Å². The average Bonchev–Trinajstić information content (AvgIpc) is 2.68. The third kappa shape index (κ3) is 1.49. The van der Waals surface area contributed by atoms with Gasteiger partial charge in [-0.15, -0.1) is 0 Å². The Morgan fingerprint density at radius 1 is 1.69 bits per heavy atom. The number of aromatic nitrogens is 2. The van der Waals surface area contributed by atoms with Gasteiger partial charge in [0, 0.05) is 28.2 Å². The Bertz CT molecular complexity index is 454. The molecule has 2 heterocycles. The van der Waals surface area contributed by atoms with E-state index in [0.717, 1.165) is 11.3 Å². The van der Waals surface area contributed by atoms with Crippen LogP contribution in [0.5, 0.6) is 0 Å². The van der Waals surface area contributed by atoms with E-state index in [1.54, 1.807) is 27.5 Å². The van der Waals surface area contributed by atoms with Crippen molar-refractivity contribution in [3.05, 3.63) is 11.3 Å². The lowest BCUT2D eigenvalue weighted by Crippen LogP contribution is -2.37. The fraction of sp³-hybridized carbons (Fsp3) is 0.444. The fourth-order valence-electron chi connectivity index (χ4n) is 1.97. The third-order valence-electron chi connectivity index (χ3n) is 2.88. The molecule has 16 heavy (non-hydrogen) atoms. The summed E-state index contributed by atoms with van der Waals surface area (Å²) in [6, 6.07) is 0. The summed E-state index contributed by atoms with van der Waals surface area (Å²) in [4.78, 5) is 23.6. The van der Waals surface area contributed by atoms with Crippen molar-refractivity contribution in [2.24, 2.45) is 0 Å². The van der Waals surface area contributed by atoms with Crippen molar-refractivity contribution >= 4 is 38.7 Å². The number of hydrogen-bond donors (Lipinski definition) is 2. The minimum atomic E-state index is -0.413. The third-order valence-corrected chi connectivity index (χ3v) is 3.46. The Labute approximate surface area is 106 Å². The number of halogens is 1. The normalized spacial score (nSPS) is 17.1. The van der Waals surface area contributed by atoms with E-state index in [1.165, 1.54) is 0 Å². The zero-order valence-corrected chi connectivity index (χ0v) is 11.0. The molecule has 0 atom stereocenters. The quantitative estimate of drug-likeness (QED) is 0.373. The zero-order valence-electron chi connectivity index (χ0n) is 8.87. The number of nitrogens with one attached hydrogen (secondary N) is 2. The maximum atomic E-state index is 11.5. The molecule has 1 aromatic rings. The van der Waals surface area contributed by atoms with Gasteiger partial charge in [0.1, 0.15) is 0 Å². The molecule has 86 valence electrons. The summed E-state index contributed by atoms with van der Waals surface area (Å²) in [6.07, 6.45) is 0.581. The van der Waals surface area contributed by atoms with Crippen LogP contribution < -0.4 is 5.32 Å². The smallest absolute Gasteiger partial charge is 0.284 e. The summed E-state index contributed by atoms with van der Waals surface area (Å²) in [5, 5.41) is 9.41. The largest absolute Gasteiger partial charge is 0.319 e. The van der Waals surface area contributed by atoms with Crippen LogP contribution >= 0.6 is 22.6 Å². The number of amides is 2. The molecule has 0 fully saturated rings. The van der Waals surface area contributed by atoms with Crippen molar-refractivity contribution in [3.63, 3.8) is 0 Å². The molecule has 1 aromatic heterocycles. The number of anilines is 1. The van der Waals surface area contributed by atoms with Gasteiger partial charge in [-0.2, -0.15) is 5.10 Å². The molecule has 0 saturated heterocycles. The standard InChI is InChI=1S/C9H11IN4O2/c1-9(2)6-5(3-14(9)8(10)16)7(11-4-15)13-12-6/h4H,3H2,1-2H3,(H2,11,12,13,15). The van der Waals surface area contributed by atoms with Gasteiger partial charge in [0.05, 0.1) is 17.8 Å². The number of H-pyrrole nitrogens is 1. The molecule has 0 aliphatic carbocycles. The highest BCUT2D eigenvalue weighted by Crippen LogP contribution is 2.41. The summed E-state index contributed by atoms with van der Waals surface area (Å²) >= 11 is 1.76. The lowest BCUT2D eigenvalue weighted by molar-refractivity contribution is -0.105. The molecule has 1 aliphatic rings. The number of nitrogens with zero attached hydrogens (tertiary/aromatic N) is 2. The lowest BCUT2D eigenvalue weighted by atomic mass is 10.0. The predicted octanol–water partition coefficient (Wildman–Crippen LogP) is 1.58. The first-order chi connectivity index (χ1) is 7.48. The van der Waals surface area contributed by atoms with E-state index >= 15 is 0 Å². The molecule has 0 unspecified atom stereocenters. The van der Waals surface area contributed by atoms with Crippen LogP contribution in [0.1, 0.15) is 25.1 Å². The highest BCUT2D eigenvalue weighted by atomic mass is 127. The predicted molar refractivity (Wildman–Crippen MR) is 66.3 cm³/mol. The molecule has 0 radical (unpaired) electrons.